The average Bonchev–Trinajstić information content (AvgIpc) is 2.66. The maximum Gasteiger partial charge on any atom is 0.253 e. The van der Waals surface area contributed by atoms with Crippen LogP contribution in [0.5, 0.6) is 0 Å². The summed E-state index contributed by atoms with van der Waals surface area (Å²) < 4.78 is 0. The van der Waals surface area contributed by atoms with Crippen molar-refractivity contribution in [3.63, 3.8) is 0 Å². The van der Waals surface area contributed by atoms with Crippen LogP contribution < -0.4 is 0 Å². The van der Waals surface area contributed by atoms with Crippen LogP contribution in [-0.2, 0) is 6.54 Å². The van der Waals surface area contributed by atoms with Crippen LogP contribution in [0.3, 0.4) is 0 Å². The number of nitro groups is 1. The van der Waals surface area contributed by atoms with Crippen molar-refractivity contribution in [3.8, 4) is 0 Å². The molecule has 0 bridgehead atoms. The monoisotopic (exact) mass is 218 g/mol. The van der Waals surface area contributed by atoms with Gasteiger partial charge in [0.1, 0.15) is 0 Å². The lowest BCUT2D eigenvalue weighted by Crippen LogP contribution is -2.17. The molecule has 2 rings (SSSR count). The number of allylic oxidation sites excluding steroid dienone is 1. The van der Waals surface area contributed by atoms with Crippen molar-refractivity contribution >= 4 is 0 Å². The van der Waals surface area contributed by atoms with Crippen molar-refractivity contribution in [1.82, 2.24) is 4.90 Å². The average molecular weight is 218 g/mol. The van der Waals surface area contributed by atoms with Gasteiger partial charge in [0.15, 0.2) is 0 Å². The van der Waals surface area contributed by atoms with Crippen LogP contribution in [0.4, 0.5) is 0 Å². The third-order valence-electron chi connectivity index (χ3n) is 2.74. The summed E-state index contributed by atoms with van der Waals surface area (Å²) in [7, 11) is 0. The van der Waals surface area contributed by atoms with Crippen molar-refractivity contribution in [2.45, 2.75) is 19.4 Å². The van der Waals surface area contributed by atoms with E-state index in [2.05, 4.69) is 4.90 Å². The van der Waals surface area contributed by atoms with Crippen LogP contribution in [0.25, 0.3) is 0 Å². The molecule has 1 aliphatic heterocycles. The van der Waals surface area contributed by atoms with Gasteiger partial charge in [-0.1, -0.05) is 30.3 Å². The zero-order valence-electron chi connectivity index (χ0n) is 9.00. The largest absolute Gasteiger partial charge is 0.366 e. The van der Waals surface area contributed by atoms with E-state index in [0.29, 0.717) is 0 Å². The molecule has 84 valence electrons. The molecule has 0 aliphatic carbocycles. The van der Waals surface area contributed by atoms with E-state index in [1.165, 1.54) is 5.56 Å². The smallest absolute Gasteiger partial charge is 0.253 e. The molecular weight excluding hydrogens is 204 g/mol. The van der Waals surface area contributed by atoms with Crippen molar-refractivity contribution in [1.29, 1.82) is 0 Å². The van der Waals surface area contributed by atoms with E-state index in [9.17, 15) is 10.1 Å². The Morgan fingerprint density at radius 1 is 1.38 bits per heavy atom. The second-order valence-electron chi connectivity index (χ2n) is 3.92. The molecule has 0 N–H and O–H groups in total. The highest BCUT2D eigenvalue weighted by Crippen LogP contribution is 2.23. The van der Waals surface area contributed by atoms with Crippen molar-refractivity contribution < 1.29 is 4.92 Å². The van der Waals surface area contributed by atoms with Gasteiger partial charge in [-0.05, 0) is 18.4 Å². The molecule has 1 fully saturated rings. The molecule has 4 heteroatoms. The predicted octanol–water partition coefficient (Wildman–Crippen LogP) is 2.40. The highest BCUT2D eigenvalue weighted by atomic mass is 16.6. The lowest BCUT2D eigenvalue weighted by Gasteiger charge is -2.18. The molecule has 1 saturated heterocycles. The number of hydrogen-bond acceptors (Lipinski definition) is 3. The number of nitrogens with zero attached hydrogens (tertiary/aromatic N) is 2. The van der Waals surface area contributed by atoms with Crippen LogP contribution in [0.1, 0.15) is 18.4 Å². The first-order valence-electron chi connectivity index (χ1n) is 5.39. The third kappa shape index (κ3) is 2.59. The Morgan fingerprint density at radius 2 is 2.12 bits per heavy atom. The number of benzene rings is 1. The van der Waals surface area contributed by atoms with Gasteiger partial charge in [-0.25, -0.2) is 0 Å². The molecule has 0 aromatic heterocycles. The molecular formula is C12H14N2O2. The van der Waals surface area contributed by atoms with Gasteiger partial charge in [0, 0.05) is 13.1 Å². The van der Waals surface area contributed by atoms with Gasteiger partial charge in [-0.15, -0.1) is 0 Å². The van der Waals surface area contributed by atoms with Gasteiger partial charge in [-0.2, -0.15) is 0 Å². The van der Waals surface area contributed by atoms with Crippen LogP contribution in [-0.4, -0.2) is 16.4 Å². The molecule has 0 atom stereocenters. The normalized spacial score (nSPS) is 18.0. The van der Waals surface area contributed by atoms with Crippen LogP contribution >= 0.6 is 0 Å². The van der Waals surface area contributed by atoms with Gasteiger partial charge in [0.2, 0.25) is 0 Å². The van der Waals surface area contributed by atoms with E-state index >= 15 is 0 Å². The minimum atomic E-state index is -0.362. The zero-order valence-corrected chi connectivity index (χ0v) is 9.00. The molecule has 1 aromatic rings. The topological polar surface area (TPSA) is 46.4 Å². The van der Waals surface area contributed by atoms with Gasteiger partial charge >= 0.3 is 0 Å². The van der Waals surface area contributed by atoms with Gasteiger partial charge in [-0.3, -0.25) is 10.1 Å². The Balaban J connectivity index is 2.07. The predicted molar refractivity (Wildman–Crippen MR) is 61.2 cm³/mol. The van der Waals surface area contributed by atoms with E-state index in [4.69, 9.17) is 0 Å². The molecule has 0 unspecified atom stereocenters. The summed E-state index contributed by atoms with van der Waals surface area (Å²) in [5.41, 5.74) is 2.03. The third-order valence-corrected chi connectivity index (χ3v) is 2.74. The number of likely N-dealkylation sites (tertiary alicyclic amines) is 1. The summed E-state index contributed by atoms with van der Waals surface area (Å²) in [4.78, 5) is 12.2. The minimum absolute atomic E-state index is 0.362. The lowest BCUT2D eigenvalue weighted by molar-refractivity contribution is -0.404. The Morgan fingerprint density at radius 3 is 2.81 bits per heavy atom. The molecule has 1 aromatic carbocycles. The molecule has 1 aliphatic rings. The second kappa shape index (κ2) is 4.79. The second-order valence-corrected chi connectivity index (χ2v) is 3.92. The fraction of sp³-hybridized carbons (Fsp3) is 0.333. The van der Waals surface area contributed by atoms with Gasteiger partial charge in [0.05, 0.1) is 10.6 Å². The standard InChI is InChI=1S/C12H14N2O2/c15-14(16)10-12-7-4-8-13(12)9-11-5-2-1-3-6-11/h1-3,5-6,10H,4,7-9H2/b12-10-. The van der Waals surface area contributed by atoms with Gasteiger partial charge < -0.3 is 4.90 Å². The van der Waals surface area contributed by atoms with Gasteiger partial charge in [0.25, 0.3) is 6.20 Å². The van der Waals surface area contributed by atoms with Crippen LogP contribution in [0.15, 0.2) is 42.2 Å². The van der Waals surface area contributed by atoms with E-state index in [0.717, 1.165) is 37.8 Å². The zero-order chi connectivity index (χ0) is 11.4. The molecule has 0 radical (unpaired) electrons. The molecule has 0 amide bonds. The quantitative estimate of drug-likeness (QED) is 0.578. The summed E-state index contributed by atoms with van der Waals surface area (Å²) in [6.45, 7) is 1.68. The molecule has 16 heavy (non-hydrogen) atoms. The maximum absolute atomic E-state index is 10.5. The Bertz CT molecular complexity index is 401. The fourth-order valence-corrected chi connectivity index (χ4v) is 2.01. The maximum atomic E-state index is 10.5. The highest BCUT2D eigenvalue weighted by molar-refractivity contribution is 5.16. The van der Waals surface area contributed by atoms with Crippen LogP contribution in [0, 0.1) is 10.1 Å². The molecule has 0 spiro atoms. The highest BCUT2D eigenvalue weighted by Gasteiger charge is 2.19. The first-order chi connectivity index (χ1) is 7.75. The Kier molecular flexibility index (Phi) is 3.19. The minimum Gasteiger partial charge on any atom is -0.366 e. The van der Waals surface area contributed by atoms with E-state index < -0.39 is 0 Å². The van der Waals surface area contributed by atoms with E-state index in [-0.39, 0.29) is 4.92 Å². The number of hydrogen-bond donors (Lipinski definition) is 0. The summed E-state index contributed by atoms with van der Waals surface area (Å²) in [5, 5.41) is 10.5. The van der Waals surface area contributed by atoms with Crippen molar-refractivity contribution in [3.05, 3.63) is 57.9 Å². The first kappa shape index (κ1) is 10.7. The lowest BCUT2D eigenvalue weighted by atomic mass is 10.2. The fourth-order valence-electron chi connectivity index (χ4n) is 2.01. The molecule has 1 heterocycles. The van der Waals surface area contributed by atoms with E-state index in [1.807, 2.05) is 30.3 Å². The van der Waals surface area contributed by atoms with Crippen LogP contribution in [0.2, 0.25) is 0 Å². The molecule has 4 nitrogen and oxygen atoms in total. The summed E-state index contributed by atoms with van der Waals surface area (Å²) in [6, 6.07) is 10.0. The van der Waals surface area contributed by atoms with Crippen molar-refractivity contribution in [2.75, 3.05) is 6.54 Å². The summed E-state index contributed by atoms with van der Waals surface area (Å²) in [6.07, 6.45) is 2.95. The summed E-state index contributed by atoms with van der Waals surface area (Å²) in [5.74, 6) is 0. The van der Waals surface area contributed by atoms with E-state index in [1.54, 1.807) is 0 Å². The Labute approximate surface area is 94.3 Å². The Hall–Kier alpha value is -1.84. The van der Waals surface area contributed by atoms with Crippen molar-refractivity contribution in [2.24, 2.45) is 0 Å². The molecule has 0 saturated carbocycles. The number of rotatable bonds is 3. The first-order valence-corrected chi connectivity index (χ1v) is 5.39. The summed E-state index contributed by atoms with van der Waals surface area (Å²) >= 11 is 0. The SMILES string of the molecule is O=[N+]([O-])/C=C1/CCCN1Cc1ccccc1.